The van der Waals surface area contributed by atoms with Gasteiger partial charge in [0, 0.05) is 50.5 Å². The third-order valence-corrected chi connectivity index (χ3v) is 5.54. The van der Waals surface area contributed by atoms with Crippen molar-refractivity contribution in [2.45, 2.75) is 26.2 Å². The van der Waals surface area contributed by atoms with E-state index in [0.29, 0.717) is 6.54 Å². The fourth-order valence-electron chi connectivity index (χ4n) is 3.62. The first-order valence-corrected chi connectivity index (χ1v) is 10.8. The van der Waals surface area contributed by atoms with Gasteiger partial charge in [0.15, 0.2) is 17.5 Å². The number of benzene rings is 1. The molecule has 0 saturated carbocycles. The summed E-state index contributed by atoms with van der Waals surface area (Å²) >= 11 is 0. The fourth-order valence-corrected chi connectivity index (χ4v) is 3.62. The van der Waals surface area contributed by atoms with Gasteiger partial charge in [-0.2, -0.15) is 0 Å². The van der Waals surface area contributed by atoms with Gasteiger partial charge in [0.1, 0.15) is 0 Å². The second kappa shape index (κ2) is 10.3. The molecule has 1 aromatic heterocycles. The highest BCUT2D eigenvalue weighted by Crippen LogP contribution is 2.33. The maximum atomic E-state index is 5.48. The summed E-state index contributed by atoms with van der Waals surface area (Å²) in [6.45, 7) is 11.5. The third-order valence-electron chi connectivity index (χ3n) is 5.54. The number of piperazine rings is 1. The molecule has 0 radical (unpaired) electrons. The van der Waals surface area contributed by atoms with Crippen molar-refractivity contribution in [1.82, 2.24) is 20.2 Å². The van der Waals surface area contributed by atoms with Crippen LogP contribution < -0.4 is 19.7 Å². The number of hydrogen-bond donors (Lipinski definition) is 1. The predicted octanol–water partition coefficient (Wildman–Crippen LogP) is 2.56. The van der Waals surface area contributed by atoms with Crippen molar-refractivity contribution in [1.29, 1.82) is 0 Å². The van der Waals surface area contributed by atoms with Gasteiger partial charge in [-0.3, -0.25) is 4.99 Å². The molecule has 31 heavy (non-hydrogen) atoms. The molecule has 0 unspecified atom stereocenters. The highest BCUT2D eigenvalue weighted by Gasteiger charge is 2.25. The minimum absolute atomic E-state index is 0.153. The summed E-state index contributed by atoms with van der Waals surface area (Å²) in [5.41, 5.74) is 1.01. The first-order chi connectivity index (χ1) is 15.0. The van der Waals surface area contributed by atoms with Crippen LogP contribution >= 0.6 is 0 Å². The molecule has 2 aromatic rings. The molecule has 168 valence electrons. The molecule has 3 rings (SSSR count). The Balaban J connectivity index is 1.69. The summed E-state index contributed by atoms with van der Waals surface area (Å²) in [5.74, 6) is 3.21. The number of methoxy groups -OCH3 is 2. The monoisotopic (exact) mass is 426 g/mol. The smallest absolute Gasteiger partial charge is 0.225 e. The molecule has 0 spiro atoms. The normalized spacial score (nSPS) is 15.1. The molecule has 2 heterocycles. The number of rotatable bonds is 7. The van der Waals surface area contributed by atoms with Crippen molar-refractivity contribution >= 4 is 11.9 Å². The lowest BCUT2D eigenvalue weighted by atomic mass is 9.84. The molecular formula is C23H34N6O2. The Morgan fingerprint density at radius 3 is 2.35 bits per heavy atom. The SMILES string of the molecule is CCNC(=NCC(C)(C)c1ccc(OC)c(OC)c1)N1CCN(c2ncccn2)CC1. The Kier molecular flexibility index (Phi) is 7.55. The molecular weight excluding hydrogens is 392 g/mol. The molecule has 0 atom stereocenters. The van der Waals surface area contributed by atoms with Gasteiger partial charge in [0.25, 0.3) is 0 Å². The summed E-state index contributed by atoms with van der Waals surface area (Å²) in [6, 6.07) is 7.92. The molecule has 1 saturated heterocycles. The van der Waals surface area contributed by atoms with Gasteiger partial charge in [-0.1, -0.05) is 19.9 Å². The van der Waals surface area contributed by atoms with E-state index in [9.17, 15) is 0 Å². The van der Waals surface area contributed by atoms with Crippen LogP contribution in [0.25, 0.3) is 0 Å². The van der Waals surface area contributed by atoms with Crippen LogP contribution in [0.5, 0.6) is 11.5 Å². The molecule has 0 amide bonds. The van der Waals surface area contributed by atoms with E-state index in [2.05, 4.69) is 51.9 Å². The van der Waals surface area contributed by atoms with Gasteiger partial charge >= 0.3 is 0 Å². The lowest BCUT2D eigenvalue weighted by Crippen LogP contribution is -2.53. The van der Waals surface area contributed by atoms with Crippen LogP contribution in [-0.2, 0) is 5.41 Å². The molecule has 1 fully saturated rings. The van der Waals surface area contributed by atoms with Crippen molar-refractivity contribution in [2.24, 2.45) is 4.99 Å². The van der Waals surface area contributed by atoms with Crippen molar-refractivity contribution in [3.63, 3.8) is 0 Å². The van der Waals surface area contributed by atoms with E-state index in [1.807, 2.05) is 18.2 Å². The van der Waals surface area contributed by atoms with Crippen LogP contribution in [0.2, 0.25) is 0 Å². The largest absolute Gasteiger partial charge is 0.493 e. The molecule has 1 aliphatic rings. The average Bonchev–Trinajstić information content (AvgIpc) is 2.82. The zero-order chi connectivity index (χ0) is 22.3. The van der Waals surface area contributed by atoms with Crippen LogP contribution in [0.4, 0.5) is 5.95 Å². The van der Waals surface area contributed by atoms with Crippen LogP contribution in [0, 0.1) is 0 Å². The molecule has 8 heteroatoms. The maximum absolute atomic E-state index is 5.48. The Morgan fingerprint density at radius 2 is 1.74 bits per heavy atom. The Morgan fingerprint density at radius 1 is 1.06 bits per heavy atom. The molecule has 1 aromatic carbocycles. The van der Waals surface area contributed by atoms with E-state index in [-0.39, 0.29) is 5.41 Å². The summed E-state index contributed by atoms with van der Waals surface area (Å²) in [7, 11) is 3.31. The molecule has 1 aliphatic heterocycles. The first kappa shape index (κ1) is 22.7. The maximum Gasteiger partial charge on any atom is 0.225 e. The summed E-state index contributed by atoms with van der Waals surface area (Å²) in [4.78, 5) is 18.3. The number of hydrogen-bond acceptors (Lipinski definition) is 6. The van der Waals surface area contributed by atoms with E-state index in [1.54, 1.807) is 26.6 Å². The number of anilines is 1. The Bertz CT molecular complexity index is 864. The van der Waals surface area contributed by atoms with Crippen LogP contribution in [-0.4, -0.2) is 74.3 Å². The molecule has 0 bridgehead atoms. The van der Waals surface area contributed by atoms with Gasteiger partial charge < -0.3 is 24.6 Å². The van der Waals surface area contributed by atoms with Crippen molar-refractivity contribution in [3.8, 4) is 11.5 Å². The second-order valence-corrected chi connectivity index (χ2v) is 8.15. The first-order valence-electron chi connectivity index (χ1n) is 10.8. The second-order valence-electron chi connectivity index (χ2n) is 8.15. The summed E-state index contributed by atoms with van der Waals surface area (Å²) in [5, 5.41) is 3.45. The average molecular weight is 427 g/mol. The van der Waals surface area contributed by atoms with E-state index >= 15 is 0 Å². The Labute approximate surface area is 185 Å². The van der Waals surface area contributed by atoms with Crippen molar-refractivity contribution in [3.05, 3.63) is 42.2 Å². The van der Waals surface area contributed by atoms with Gasteiger partial charge in [-0.15, -0.1) is 0 Å². The van der Waals surface area contributed by atoms with Crippen LogP contribution in [0.15, 0.2) is 41.7 Å². The van der Waals surface area contributed by atoms with E-state index < -0.39 is 0 Å². The summed E-state index contributed by atoms with van der Waals surface area (Å²) in [6.07, 6.45) is 3.58. The highest BCUT2D eigenvalue weighted by molar-refractivity contribution is 5.80. The Hall–Kier alpha value is -3.03. The number of aromatic nitrogens is 2. The zero-order valence-electron chi connectivity index (χ0n) is 19.3. The quantitative estimate of drug-likeness (QED) is 0.539. The number of guanidine groups is 1. The summed E-state index contributed by atoms with van der Waals surface area (Å²) < 4.78 is 10.9. The predicted molar refractivity (Wildman–Crippen MR) is 124 cm³/mol. The minimum atomic E-state index is -0.153. The van der Waals surface area contributed by atoms with Crippen molar-refractivity contribution < 1.29 is 9.47 Å². The molecule has 8 nitrogen and oxygen atoms in total. The van der Waals surface area contributed by atoms with E-state index in [0.717, 1.165) is 61.7 Å². The van der Waals surface area contributed by atoms with Crippen LogP contribution in [0.3, 0.4) is 0 Å². The van der Waals surface area contributed by atoms with Crippen molar-refractivity contribution in [2.75, 3.05) is 58.4 Å². The van der Waals surface area contributed by atoms with Gasteiger partial charge in [-0.25, -0.2) is 9.97 Å². The minimum Gasteiger partial charge on any atom is -0.493 e. The van der Waals surface area contributed by atoms with Gasteiger partial charge in [0.05, 0.1) is 20.8 Å². The van der Waals surface area contributed by atoms with E-state index in [1.165, 1.54) is 0 Å². The topological polar surface area (TPSA) is 75.1 Å². The van der Waals surface area contributed by atoms with Gasteiger partial charge in [-0.05, 0) is 30.7 Å². The standard InChI is InChI=1S/C23H34N6O2/c1-6-24-21(28-12-14-29(15-13-28)22-25-10-7-11-26-22)27-17-23(2,3)18-8-9-19(30-4)20(16-18)31-5/h7-11,16H,6,12-15,17H2,1-5H3,(H,24,27). The lowest BCUT2D eigenvalue weighted by molar-refractivity contribution is 0.353. The number of nitrogens with one attached hydrogen (secondary N) is 1. The number of ether oxygens (including phenoxy) is 2. The highest BCUT2D eigenvalue weighted by atomic mass is 16.5. The number of nitrogens with zero attached hydrogens (tertiary/aromatic N) is 5. The molecule has 1 N–H and O–H groups in total. The third kappa shape index (κ3) is 5.57. The van der Waals surface area contributed by atoms with E-state index in [4.69, 9.17) is 14.5 Å². The zero-order valence-corrected chi connectivity index (χ0v) is 19.3. The fraction of sp³-hybridized carbons (Fsp3) is 0.522. The number of aliphatic imine (C=N–C) groups is 1. The lowest BCUT2D eigenvalue weighted by Gasteiger charge is -2.37. The van der Waals surface area contributed by atoms with Gasteiger partial charge in [0.2, 0.25) is 5.95 Å². The van der Waals surface area contributed by atoms with Crippen LogP contribution in [0.1, 0.15) is 26.3 Å². The molecule has 0 aliphatic carbocycles.